The largest absolute Gasteiger partial charge is 0.493 e. The smallest absolute Gasteiger partial charge is 0.251 e. The van der Waals surface area contributed by atoms with E-state index in [4.69, 9.17) is 4.74 Å². The number of hydrogen-bond acceptors (Lipinski definition) is 3. The molecule has 26 heavy (non-hydrogen) atoms. The molecule has 1 N–H and O–H groups in total. The molecule has 0 radical (unpaired) electrons. The van der Waals surface area contributed by atoms with Gasteiger partial charge in [-0.2, -0.15) is 0 Å². The number of nitrogens with one attached hydrogen (secondary N) is 1. The molecule has 1 saturated heterocycles. The van der Waals surface area contributed by atoms with Gasteiger partial charge in [-0.3, -0.25) is 9.59 Å². The lowest BCUT2D eigenvalue weighted by molar-refractivity contribution is -0.140. The summed E-state index contributed by atoms with van der Waals surface area (Å²) in [7, 11) is 0. The zero-order valence-electron chi connectivity index (χ0n) is 15.9. The molecule has 1 aliphatic heterocycles. The summed E-state index contributed by atoms with van der Waals surface area (Å²) in [6, 6.07) is 7.39. The van der Waals surface area contributed by atoms with Gasteiger partial charge in [0.15, 0.2) is 0 Å². The van der Waals surface area contributed by atoms with Gasteiger partial charge in [0.05, 0.1) is 6.61 Å². The maximum atomic E-state index is 12.4. The number of ether oxygens (including phenoxy) is 1. The summed E-state index contributed by atoms with van der Waals surface area (Å²) >= 11 is 0. The quantitative estimate of drug-likeness (QED) is 0.849. The molecule has 1 atom stereocenters. The first kappa shape index (κ1) is 18.7. The van der Waals surface area contributed by atoms with Crippen LogP contribution in [0.15, 0.2) is 24.3 Å². The first-order valence-corrected chi connectivity index (χ1v) is 9.85. The van der Waals surface area contributed by atoms with Crippen molar-refractivity contribution in [1.29, 1.82) is 0 Å². The molecule has 2 fully saturated rings. The van der Waals surface area contributed by atoms with Crippen molar-refractivity contribution in [3.8, 4) is 5.75 Å². The fourth-order valence-electron chi connectivity index (χ4n) is 3.58. The number of carbonyl (C=O) groups excluding carboxylic acids is 2. The molecule has 5 heteroatoms. The van der Waals surface area contributed by atoms with Crippen molar-refractivity contribution in [1.82, 2.24) is 10.2 Å². The lowest BCUT2D eigenvalue weighted by atomic mass is 9.83. The lowest BCUT2D eigenvalue weighted by Gasteiger charge is -2.37. The molecule has 5 nitrogen and oxygen atoms in total. The van der Waals surface area contributed by atoms with Crippen LogP contribution in [-0.2, 0) is 4.79 Å². The zero-order chi connectivity index (χ0) is 18.5. The van der Waals surface area contributed by atoms with Crippen LogP contribution in [0.1, 0.15) is 56.3 Å². The Kier molecular flexibility index (Phi) is 6.17. The van der Waals surface area contributed by atoms with Gasteiger partial charge in [0.2, 0.25) is 5.91 Å². The molecule has 0 aromatic heterocycles. The highest BCUT2D eigenvalue weighted by atomic mass is 16.5. The van der Waals surface area contributed by atoms with Crippen LogP contribution < -0.4 is 10.1 Å². The second kappa shape index (κ2) is 8.56. The first-order chi connectivity index (χ1) is 12.5. The summed E-state index contributed by atoms with van der Waals surface area (Å²) in [5.74, 6) is 1.72. The highest BCUT2D eigenvalue weighted by Gasteiger charge is 2.32. The minimum atomic E-state index is -0.0658. The van der Waals surface area contributed by atoms with Crippen LogP contribution >= 0.6 is 0 Å². The topological polar surface area (TPSA) is 58.6 Å². The van der Waals surface area contributed by atoms with Crippen LogP contribution in [0.2, 0.25) is 0 Å². The Morgan fingerprint density at radius 1 is 1.15 bits per heavy atom. The van der Waals surface area contributed by atoms with Gasteiger partial charge in [-0.1, -0.05) is 6.42 Å². The molecule has 1 aromatic rings. The van der Waals surface area contributed by atoms with Gasteiger partial charge in [-0.05, 0) is 63.8 Å². The third-order valence-corrected chi connectivity index (χ3v) is 5.31. The van der Waals surface area contributed by atoms with Crippen molar-refractivity contribution >= 4 is 11.8 Å². The molecule has 0 spiro atoms. The van der Waals surface area contributed by atoms with E-state index >= 15 is 0 Å². The van der Waals surface area contributed by atoms with E-state index in [1.54, 1.807) is 12.1 Å². The number of nitrogens with zero attached hydrogens (tertiary/aromatic N) is 1. The molecule has 2 amide bonds. The van der Waals surface area contributed by atoms with Crippen molar-refractivity contribution in [2.24, 2.45) is 11.8 Å². The first-order valence-electron chi connectivity index (χ1n) is 9.85. The Balaban J connectivity index is 1.47. The van der Waals surface area contributed by atoms with Gasteiger partial charge in [-0.15, -0.1) is 0 Å². The van der Waals surface area contributed by atoms with Crippen LogP contribution in [0.5, 0.6) is 5.75 Å². The molecule has 1 unspecified atom stereocenters. The average molecular weight is 358 g/mol. The van der Waals surface area contributed by atoms with Crippen molar-refractivity contribution in [3.63, 3.8) is 0 Å². The van der Waals surface area contributed by atoms with Crippen LogP contribution in [0.25, 0.3) is 0 Å². The molecular weight excluding hydrogens is 328 g/mol. The molecular formula is C21H30N2O3. The van der Waals surface area contributed by atoms with E-state index in [-0.39, 0.29) is 17.9 Å². The summed E-state index contributed by atoms with van der Waals surface area (Å²) in [4.78, 5) is 26.4. The number of amides is 2. The van der Waals surface area contributed by atoms with Crippen molar-refractivity contribution in [2.75, 3.05) is 19.7 Å². The minimum absolute atomic E-state index is 0.0658. The molecule has 1 heterocycles. The van der Waals surface area contributed by atoms with E-state index in [1.165, 1.54) is 6.42 Å². The fourth-order valence-corrected chi connectivity index (χ4v) is 3.58. The maximum absolute atomic E-state index is 12.4. The van der Waals surface area contributed by atoms with Crippen LogP contribution in [-0.4, -0.2) is 42.5 Å². The third-order valence-electron chi connectivity index (χ3n) is 5.31. The van der Waals surface area contributed by atoms with E-state index in [1.807, 2.05) is 30.9 Å². The van der Waals surface area contributed by atoms with Crippen LogP contribution in [0.3, 0.4) is 0 Å². The van der Waals surface area contributed by atoms with Crippen molar-refractivity contribution < 1.29 is 14.3 Å². The summed E-state index contributed by atoms with van der Waals surface area (Å²) in [6.07, 6.45) is 5.48. The number of hydrogen-bond donors (Lipinski definition) is 1. The normalized spacial score (nSPS) is 20.6. The van der Waals surface area contributed by atoms with E-state index < -0.39 is 0 Å². The summed E-state index contributed by atoms with van der Waals surface area (Å²) < 4.78 is 5.92. The van der Waals surface area contributed by atoms with Gasteiger partial charge in [0.1, 0.15) is 5.75 Å². The number of carbonyl (C=O) groups is 2. The predicted molar refractivity (Wildman–Crippen MR) is 101 cm³/mol. The fraction of sp³-hybridized carbons (Fsp3) is 0.619. The van der Waals surface area contributed by atoms with E-state index in [9.17, 15) is 9.59 Å². The Morgan fingerprint density at radius 2 is 1.88 bits per heavy atom. The number of likely N-dealkylation sites (tertiary alicyclic amines) is 1. The maximum Gasteiger partial charge on any atom is 0.251 e. The monoisotopic (exact) mass is 358 g/mol. The molecule has 1 aliphatic carbocycles. The predicted octanol–water partition coefficient (Wildman–Crippen LogP) is 3.24. The number of piperidine rings is 1. The van der Waals surface area contributed by atoms with Gasteiger partial charge in [0.25, 0.3) is 5.91 Å². The summed E-state index contributed by atoms with van der Waals surface area (Å²) in [5.41, 5.74) is 0.640. The second-order valence-corrected chi connectivity index (χ2v) is 7.88. The summed E-state index contributed by atoms with van der Waals surface area (Å²) in [5, 5.41) is 2.88. The van der Waals surface area contributed by atoms with Crippen LogP contribution in [0, 0.1) is 11.8 Å². The van der Waals surface area contributed by atoms with Crippen molar-refractivity contribution in [3.05, 3.63) is 29.8 Å². The highest BCUT2D eigenvalue weighted by molar-refractivity contribution is 5.94. The standard InChI is InChI=1S/C21H30N2O3/c1-15(2)22-20(24)17-8-10-19(11-9-17)26-14-16-5-4-12-23(13-16)21(25)18-6-3-7-18/h8-11,15-16,18H,3-7,12-14H2,1-2H3,(H,22,24). The van der Waals surface area contributed by atoms with Crippen LogP contribution in [0.4, 0.5) is 0 Å². The number of benzene rings is 1. The van der Waals surface area contributed by atoms with Gasteiger partial charge in [0, 0.05) is 36.5 Å². The van der Waals surface area contributed by atoms with Gasteiger partial charge >= 0.3 is 0 Å². The Morgan fingerprint density at radius 3 is 2.50 bits per heavy atom. The molecule has 1 aromatic carbocycles. The highest BCUT2D eigenvalue weighted by Crippen LogP contribution is 2.30. The zero-order valence-corrected chi connectivity index (χ0v) is 15.9. The number of rotatable bonds is 6. The van der Waals surface area contributed by atoms with E-state index in [0.29, 0.717) is 24.0 Å². The Labute approximate surface area is 156 Å². The van der Waals surface area contributed by atoms with Crippen molar-refractivity contribution in [2.45, 2.75) is 52.0 Å². The molecule has 0 bridgehead atoms. The van der Waals surface area contributed by atoms with E-state index in [2.05, 4.69) is 5.32 Å². The summed E-state index contributed by atoms with van der Waals surface area (Å²) in [6.45, 7) is 6.21. The van der Waals surface area contributed by atoms with Gasteiger partial charge in [-0.25, -0.2) is 0 Å². The molecule has 142 valence electrons. The van der Waals surface area contributed by atoms with Gasteiger partial charge < -0.3 is 15.0 Å². The Hall–Kier alpha value is -2.04. The molecule has 1 saturated carbocycles. The SMILES string of the molecule is CC(C)NC(=O)c1ccc(OCC2CCCN(C(=O)C3CCC3)C2)cc1. The minimum Gasteiger partial charge on any atom is -0.493 e. The third kappa shape index (κ3) is 4.77. The Bertz CT molecular complexity index is 623. The van der Waals surface area contributed by atoms with E-state index in [0.717, 1.165) is 44.5 Å². The molecule has 2 aliphatic rings. The molecule has 3 rings (SSSR count). The average Bonchev–Trinajstić information content (AvgIpc) is 2.58. The lowest BCUT2D eigenvalue weighted by Crippen LogP contribution is -2.45. The second-order valence-electron chi connectivity index (χ2n) is 7.88.